The van der Waals surface area contributed by atoms with Gasteiger partial charge in [0.1, 0.15) is 5.82 Å². The van der Waals surface area contributed by atoms with Crippen molar-refractivity contribution in [3.63, 3.8) is 0 Å². The van der Waals surface area contributed by atoms with E-state index in [1.54, 1.807) is 24.3 Å². The third-order valence-electron chi connectivity index (χ3n) is 4.53. The Morgan fingerprint density at radius 2 is 1.82 bits per heavy atom. The van der Waals surface area contributed by atoms with Crippen LogP contribution in [0.15, 0.2) is 48.5 Å². The van der Waals surface area contributed by atoms with Crippen molar-refractivity contribution < 1.29 is 14.1 Å². The summed E-state index contributed by atoms with van der Waals surface area (Å²) in [6.45, 7) is 3.41. The van der Waals surface area contributed by atoms with Gasteiger partial charge < -0.3 is 15.4 Å². The van der Waals surface area contributed by atoms with Crippen LogP contribution >= 0.6 is 12.2 Å². The summed E-state index contributed by atoms with van der Waals surface area (Å²) >= 11 is 5.35. The predicted molar refractivity (Wildman–Crippen MR) is 109 cm³/mol. The van der Waals surface area contributed by atoms with Gasteiger partial charge in [0.15, 0.2) is 5.11 Å². The van der Waals surface area contributed by atoms with Gasteiger partial charge in [-0.2, -0.15) is 0 Å². The highest BCUT2D eigenvalue weighted by Crippen LogP contribution is 2.22. The molecule has 1 aliphatic rings. The predicted octanol–water partition coefficient (Wildman–Crippen LogP) is 3.09. The molecule has 1 aliphatic heterocycles. The van der Waals surface area contributed by atoms with Crippen LogP contribution in [-0.2, 0) is 4.74 Å². The number of anilines is 1. The number of hydrogen-bond acceptors (Lipinski definition) is 5. The first-order chi connectivity index (χ1) is 13.5. The van der Waals surface area contributed by atoms with Crippen LogP contribution in [0.5, 0.6) is 0 Å². The van der Waals surface area contributed by atoms with Crippen molar-refractivity contribution in [2.24, 2.45) is 0 Å². The van der Waals surface area contributed by atoms with Crippen LogP contribution in [0.3, 0.4) is 0 Å². The molecule has 0 bridgehead atoms. The van der Waals surface area contributed by atoms with Crippen LogP contribution in [0.4, 0.5) is 15.8 Å². The monoisotopic (exact) mass is 404 g/mol. The average Bonchev–Trinajstić information content (AvgIpc) is 2.70. The van der Waals surface area contributed by atoms with Crippen LogP contribution in [0.2, 0.25) is 0 Å². The Morgan fingerprint density at radius 3 is 2.43 bits per heavy atom. The number of morpholine rings is 1. The summed E-state index contributed by atoms with van der Waals surface area (Å²) < 4.78 is 18.7. The van der Waals surface area contributed by atoms with Crippen molar-refractivity contribution >= 4 is 28.7 Å². The summed E-state index contributed by atoms with van der Waals surface area (Å²) in [5.41, 5.74) is 1.68. The maximum absolute atomic E-state index is 13.3. The minimum Gasteiger partial charge on any atom is -0.379 e. The van der Waals surface area contributed by atoms with Gasteiger partial charge in [-0.05, 0) is 42.0 Å². The Hall–Kier alpha value is -2.62. The number of halogens is 1. The third kappa shape index (κ3) is 5.44. The molecule has 0 amide bonds. The Balaban J connectivity index is 1.62. The minimum absolute atomic E-state index is 0.0149. The first kappa shape index (κ1) is 20.1. The van der Waals surface area contributed by atoms with E-state index in [-0.39, 0.29) is 17.5 Å². The first-order valence-electron chi connectivity index (χ1n) is 8.89. The molecule has 2 aromatic rings. The van der Waals surface area contributed by atoms with E-state index in [2.05, 4.69) is 15.5 Å². The quantitative estimate of drug-likeness (QED) is 0.435. The lowest BCUT2D eigenvalue weighted by molar-refractivity contribution is -0.384. The van der Waals surface area contributed by atoms with E-state index in [0.717, 1.165) is 18.7 Å². The van der Waals surface area contributed by atoms with E-state index in [1.807, 2.05) is 0 Å². The fourth-order valence-electron chi connectivity index (χ4n) is 3.06. The number of ether oxygens (including phenoxy) is 1. The van der Waals surface area contributed by atoms with Crippen molar-refractivity contribution in [3.05, 3.63) is 70.0 Å². The number of nitro benzene ring substituents is 1. The molecule has 0 saturated carbocycles. The number of hydrogen-bond donors (Lipinski definition) is 2. The second kappa shape index (κ2) is 9.54. The van der Waals surface area contributed by atoms with Gasteiger partial charge in [0.2, 0.25) is 0 Å². The summed E-state index contributed by atoms with van der Waals surface area (Å²) in [5, 5.41) is 17.3. The number of thiocarbonyl (C=S) groups is 1. The van der Waals surface area contributed by atoms with E-state index in [9.17, 15) is 14.5 Å². The van der Waals surface area contributed by atoms with Crippen LogP contribution in [0.25, 0.3) is 0 Å². The van der Waals surface area contributed by atoms with Crippen LogP contribution in [-0.4, -0.2) is 47.8 Å². The van der Waals surface area contributed by atoms with E-state index in [1.165, 1.54) is 24.3 Å². The number of benzene rings is 2. The molecule has 1 atom stereocenters. The molecule has 0 spiro atoms. The van der Waals surface area contributed by atoms with Crippen molar-refractivity contribution in [2.45, 2.75) is 6.04 Å². The molecular formula is C19H21FN4O3S. The standard InChI is InChI=1S/C19H21FN4O3S/c20-15-3-1-14(2-4-15)18(23-9-11-27-12-10-23)13-21-19(28)22-16-5-7-17(8-6-16)24(25)26/h1-8,18H,9-13H2,(H2,21,22,28)/t18-/m0/s1. The molecule has 0 radical (unpaired) electrons. The number of non-ortho nitro benzene ring substituents is 1. The zero-order chi connectivity index (χ0) is 19.9. The van der Waals surface area contributed by atoms with Gasteiger partial charge >= 0.3 is 0 Å². The van der Waals surface area contributed by atoms with Crippen LogP contribution in [0, 0.1) is 15.9 Å². The summed E-state index contributed by atoms with van der Waals surface area (Å²) in [5.74, 6) is -0.271. The van der Waals surface area contributed by atoms with Gasteiger partial charge in [-0.15, -0.1) is 0 Å². The molecule has 0 unspecified atom stereocenters. The highest BCUT2D eigenvalue weighted by molar-refractivity contribution is 7.80. The number of rotatable bonds is 6. The first-order valence-corrected chi connectivity index (χ1v) is 9.30. The molecule has 148 valence electrons. The van der Waals surface area contributed by atoms with E-state index >= 15 is 0 Å². The van der Waals surface area contributed by atoms with E-state index in [0.29, 0.717) is 30.6 Å². The largest absolute Gasteiger partial charge is 0.379 e. The Labute approximate surface area is 167 Å². The molecule has 0 aromatic heterocycles. The molecule has 1 heterocycles. The Morgan fingerprint density at radius 1 is 1.18 bits per heavy atom. The SMILES string of the molecule is O=[N+]([O-])c1ccc(NC(=S)NC[C@@H](c2ccc(F)cc2)N2CCOCC2)cc1. The lowest BCUT2D eigenvalue weighted by atomic mass is 10.0. The number of nitro groups is 1. The lowest BCUT2D eigenvalue weighted by Crippen LogP contribution is -2.44. The smallest absolute Gasteiger partial charge is 0.269 e. The fourth-order valence-corrected chi connectivity index (χ4v) is 3.26. The summed E-state index contributed by atoms with van der Waals surface area (Å²) in [6, 6.07) is 12.5. The van der Waals surface area contributed by atoms with Gasteiger partial charge in [0.05, 0.1) is 24.2 Å². The maximum atomic E-state index is 13.3. The zero-order valence-electron chi connectivity index (χ0n) is 15.1. The highest BCUT2D eigenvalue weighted by atomic mass is 32.1. The molecule has 0 aliphatic carbocycles. The van der Waals surface area contributed by atoms with Crippen LogP contribution < -0.4 is 10.6 Å². The molecule has 28 heavy (non-hydrogen) atoms. The van der Waals surface area contributed by atoms with Crippen molar-refractivity contribution in [2.75, 3.05) is 38.2 Å². The Kier molecular flexibility index (Phi) is 6.85. The molecule has 1 fully saturated rings. The van der Waals surface area contributed by atoms with Gasteiger partial charge in [0, 0.05) is 37.5 Å². The van der Waals surface area contributed by atoms with E-state index in [4.69, 9.17) is 17.0 Å². The Bertz CT molecular complexity index is 811. The summed E-state index contributed by atoms with van der Waals surface area (Å²) in [4.78, 5) is 12.6. The second-order valence-electron chi connectivity index (χ2n) is 6.35. The molecule has 2 N–H and O–H groups in total. The van der Waals surface area contributed by atoms with Gasteiger partial charge in [0.25, 0.3) is 5.69 Å². The average molecular weight is 404 g/mol. The van der Waals surface area contributed by atoms with Gasteiger partial charge in [-0.1, -0.05) is 12.1 Å². The fraction of sp³-hybridized carbons (Fsp3) is 0.316. The van der Waals surface area contributed by atoms with Crippen molar-refractivity contribution in [3.8, 4) is 0 Å². The van der Waals surface area contributed by atoms with Crippen molar-refractivity contribution in [1.29, 1.82) is 0 Å². The maximum Gasteiger partial charge on any atom is 0.269 e. The van der Waals surface area contributed by atoms with Crippen LogP contribution in [0.1, 0.15) is 11.6 Å². The topological polar surface area (TPSA) is 79.7 Å². The zero-order valence-corrected chi connectivity index (χ0v) is 16.0. The lowest BCUT2D eigenvalue weighted by Gasteiger charge is -2.35. The normalized spacial score (nSPS) is 15.6. The van der Waals surface area contributed by atoms with Gasteiger partial charge in [-0.3, -0.25) is 15.0 Å². The molecular weight excluding hydrogens is 383 g/mol. The number of nitrogens with one attached hydrogen (secondary N) is 2. The summed E-state index contributed by atoms with van der Waals surface area (Å²) in [6.07, 6.45) is 0. The van der Waals surface area contributed by atoms with Gasteiger partial charge in [-0.25, -0.2) is 4.39 Å². The molecule has 7 nitrogen and oxygen atoms in total. The van der Waals surface area contributed by atoms with E-state index < -0.39 is 4.92 Å². The molecule has 2 aromatic carbocycles. The molecule has 9 heteroatoms. The second-order valence-corrected chi connectivity index (χ2v) is 6.76. The number of nitrogens with zero attached hydrogens (tertiary/aromatic N) is 2. The minimum atomic E-state index is -0.448. The van der Waals surface area contributed by atoms with Crippen molar-refractivity contribution in [1.82, 2.24) is 10.2 Å². The third-order valence-corrected chi connectivity index (χ3v) is 4.78. The summed E-state index contributed by atoms with van der Waals surface area (Å²) in [7, 11) is 0. The molecule has 3 rings (SSSR count). The highest BCUT2D eigenvalue weighted by Gasteiger charge is 2.23. The molecule has 1 saturated heterocycles.